The highest BCUT2D eigenvalue weighted by atomic mass is 32.2. The maximum Gasteiger partial charge on any atom is 0.175 e. The van der Waals surface area contributed by atoms with Gasteiger partial charge < -0.3 is 14.6 Å². The van der Waals surface area contributed by atoms with Gasteiger partial charge in [-0.2, -0.15) is 0 Å². The molecular formula is C21H20F2N2O3S. The first-order valence-corrected chi connectivity index (χ1v) is 11.0. The third-order valence-electron chi connectivity index (χ3n) is 5.15. The van der Waals surface area contributed by atoms with Crippen molar-refractivity contribution in [1.29, 1.82) is 0 Å². The zero-order chi connectivity index (χ0) is 20.8. The van der Waals surface area contributed by atoms with E-state index in [4.69, 9.17) is 4.74 Å². The van der Waals surface area contributed by atoms with Crippen LogP contribution < -0.4 is 9.64 Å². The fraction of sp³-hybridized carbons (Fsp3) is 0.238. The minimum atomic E-state index is -3.34. The molecule has 2 heterocycles. The Morgan fingerprint density at radius 1 is 1.14 bits per heavy atom. The van der Waals surface area contributed by atoms with Crippen molar-refractivity contribution in [2.75, 3.05) is 24.8 Å². The standard InChI is InChI=1S/C21H20F2N2O3S/c1-28-20-11-14(29(2,26)27)6-7-19(20)25-9-8-17-13(12-25)10-18(24-17)15-4-3-5-16(22)21(15)23/h3-7,10-11,24H,8-9,12H2,1-2H3. The molecule has 8 heteroatoms. The molecule has 152 valence electrons. The van der Waals surface area contributed by atoms with Gasteiger partial charge in [-0.3, -0.25) is 0 Å². The topological polar surface area (TPSA) is 62.4 Å². The zero-order valence-corrected chi connectivity index (χ0v) is 16.8. The van der Waals surface area contributed by atoms with Crippen molar-refractivity contribution in [2.24, 2.45) is 0 Å². The van der Waals surface area contributed by atoms with Crippen LogP contribution in [0.25, 0.3) is 11.3 Å². The van der Waals surface area contributed by atoms with E-state index >= 15 is 0 Å². The van der Waals surface area contributed by atoms with E-state index in [-0.39, 0.29) is 10.5 Å². The van der Waals surface area contributed by atoms with Crippen LogP contribution in [0.15, 0.2) is 47.4 Å². The van der Waals surface area contributed by atoms with Crippen molar-refractivity contribution in [3.05, 3.63) is 65.4 Å². The Bertz CT molecular complexity index is 1190. The smallest absolute Gasteiger partial charge is 0.175 e. The number of aromatic nitrogens is 1. The third kappa shape index (κ3) is 3.60. The maximum atomic E-state index is 14.2. The lowest BCUT2D eigenvalue weighted by molar-refractivity contribution is 0.412. The lowest BCUT2D eigenvalue weighted by atomic mass is 10.1. The number of nitrogens with zero attached hydrogens (tertiary/aromatic N) is 1. The molecule has 0 spiro atoms. The van der Waals surface area contributed by atoms with E-state index in [1.807, 2.05) is 6.07 Å². The van der Waals surface area contributed by atoms with Gasteiger partial charge in [0.15, 0.2) is 21.5 Å². The number of sulfone groups is 1. The summed E-state index contributed by atoms with van der Waals surface area (Å²) in [5.41, 5.74) is 3.47. The van der Waals surface area contributed by atoms with Crippen LogP contribution in [0.4, 0.5) is 14.5 Å². The quantitative estimate of drug-likeness (QED) is 0.697. The first-order chi connectivity index (χ1) is 13.8. The van der Waals surface area contributed by atoms with Gasteiger partial charge in [-0.25, -0.2) is 17.2 Å². The normalized spacial score (nSPS) is 14.0. The molecule has 0 saturated heterocycles. The largest absolute Gasteiger partial charge is 0.495 e. The number of halogens is 2. The molecule has 0 saturated carbocycles. The molecular weight excluding hydrogens is 398 g/mol. The van der Waals surface area contributed by atoms with Crippen molar-refractivity contribution >= 4 is 15.5 Å². The summed E-state index contributed by atoms with van der Waals surface area (Å²) < 4.78 is 56.8. The number of aromatic amines is 1. The number of anilines is 1. The Balaban J connectivity index is 1.66. The van der Waals surface area contributed by atoms with Gasteiger partial charge in [0.1, 0.15) is 5.75 Å². The molecule has 29 heavy (non-hydrogen) atoms. The summed E-state index contributed by atoms with van der Waals surface area (Å²) in [5, 5.41) is 0. The number of ether oxygens (including phenoxy) is 1. The summed E-state index contributed by atoms with van der Waals surface area (Å²) in [7, 11) is -1.83. The van der Waals surface area contributed by atoms with E-state index in [0.29, 0.717) is 31.0 Å². The number of methoxy groups -OCH3 is 1. The fourth-order valence-corrected chi connectivity index (χ4v) is 4.28. The molecule has 0 unspecified atom stereocenters. The fourth-order valence-electron chi connectivity index (χ4n) is 3.65. The average molecular weight is 418 g/mol. The third-order valence-corrected chi connectivity index (χ3v) is 6.26. The molecule has 1 N–H and O–H groups in total. The van der Waals surface area contributed by atoms with Gasteiger partial charge in [-0.1, -0.05) is 6.07 Å². The second-order valence-corrected chi connectivity index (χ2v) is 9.08. The summed E-state index contributed by atoms with van der Waals surface area (Å²) in [4.78, 5) is 5.48. The molecule has 0 atom stereocenters. The monoisotopic (exact) mass is 418 g/mol. The molecule has 5 nitrogen and oxygen atoms in total. The van der Waals surface area contributed by atoms with Crippen LogP contribution >= 0.6 is 0 Å². The molecule has 4 rings (SSSR count). The van der Waals surface area contributed by atoms with Crippen molar-refractivity contribution < 1.29 is 21.9 Å². The Kier molecular flexibility index (Phi) is 4.82. The molecule has 1 aromatic heterocycles. The second kappa shape index (κ2) is 7.18. The predicted molar refractivity (Wildman–Crippen MR) is 107 cm³/mol. The summed E-state index contributed by atoms with van der Waals surface area (Å²) >= 11 is 0. The van der Waals surface area contributed by atoms with E-state index in [0.717, 1.165) is 29.3 Å². The van der Waals surface area contributed by atoms with E-state index in [2.05, 4.69) is 9.88 Å². The first-order valence-electron chi connectivity index (χ1n) is 9.06. The molecule has 0 bridgehead atoms. The first kappa shape index (κ1) is 19.4. The van der Waals surface area contributed by atoms with Gasteiger partial charge in [0, 0.05) is 48.8 Å². The lowest BCUT2D eigenvalue weighted by Gasteiger charge is -2.30. The van der Waals surface area contributed by atoms with Crippen LogP contribution in [0.1, 0.15) is 11.3 Å². The van der Waals surface area contributed by atoms with Gasteiger partial charge in [-0.15, -0.1) is 0 Å². The van der Waals surface area contributed by atoms with Crippen LogP contribution in [0, 0.1) is 11.6 Å². The molecule has 0 aliphatic carbocycles. The SMILES string of the molecule is COc1cc(S(C)(=O)=O)ccc1N1CCc2[nH]c(-c3cccc(F)c3F)cc2C1. The van der Waals surface area contributed by atoms with Gasteiger partial charge in [0.2, 0.25) is 0 Å². The Hall–Kier alpha value is -2.87. The molecule has 0 fully saturated rings. The number of fused-ring (bicyclic) bond motifs is 1. The summed E-state index contributed by atoms with van der Waals surface area (Å²) in [6.07, 6.45) is 1.84. The summed E-state index contributed by atoms with van der Waals surface area (Å²) in [6, 6.07) is 10.8. The number of hydrogen-bond donors (Lipinski definition) is 1. The van der Waals surface area contributed by atoms with Crippen LogP contribution in [0.5, 0.6) is 5.75 Å². The van der Waals surface area contributed by atoms with E-state index in [1.165, 1.54) is 19.2 Å². The van der Waals surface area contributed by atoms with Crippen molar-refractivity contribution in [1.82, 2.24) is 4.98 Å². The predicted octanol–water partition coefficient (Wildman–Crippen LogP) is 3.93. The number of benzene rings is 2. The number of nitrogens with one attached hydrogen (secondary N) is 1. The van der Waals surface area contributed by atoms with E-state index in [1.54, 1.807) is 18.2 Å². The molecule has 0 amide bonds. The van der Waals surface area contributed by atoms with Gasteiger partial charge in [0.25, 0.3) is 0 Å². The minimum absolute atomic E-state index is 0.195. The van der Waals surface area contributed by atoms with Crippen LogP contribution in [-0.2, 0) is 22.8 Å². The minimum Gasteiger partial charge on any atom is -0.495 e. The highest BCUT2D eigenvalue weighted by Crippen LogP contribution is 2.35. The Labute approximate surface area is 167 Å². The summed E-state index contributed by atoms with van der Waals surface area (Å²) in [6.45, 7) is 1.21. The Morgan fingerprint density at radius 3 is 2.66 bits per heavy atom. The van der Waals surface area contributed by atoms with Crippen molar-refractivity contribution in [3.8, 4) is 17.0 Å². The molecule has 2 aromatic carbocycles. The molecule has 3 aromatic rings. The molecule has 0 radical (unpaired) electrons. The van der Waals surface area contributed by atoms with Crippen LogP contribution in [0.3, 0.4) is 0 Å². The van der Waals surface area contributed by atoms with Gasteiger partial charge in [-0.05, 0) is 35.9 Å². The average Bonchev–Trinajstić information content (AvgIpc) is 3.11. The number of rotatable bonds is 4. The number of hydrogen-bond acceptors (Lipinski definition) is 4. The maximum absolute atomic E-state index is 14.2. The lowest BCUT2D eigenvalue weighted by Crippen LogP contribution is -2.30. The second-order valence-electron chi connectivity index (χ2n) is 7.07. The van der Waals surface area contributed by atoms with Gasteiger partial charge in [0.05, 0.1) is 17.7 Å². The summed E-state index contributed by atoms with van der Waals surface area (Å²) in [5.74, 6) is -1.28. The molecule has 1 aliphatic rings. The highest BCUT2D eigenvalue weighted by molar-refractivity contribution is 7.90. The van der Waals surface area contributed by atoms with Crippen LogP contribution in [-0.4, -0.2) is 33.3 Å². The van der Waals surface area contributed by atoms with Gasteiger partial charge >= 0.3 is 0 Å². The zero-order valence-electron chi connectivity index (χ0n) is 16.0. The van der Waals surface area contributed by atoms with E-state index in [9.17, 15) is 17.2 Å². The highest BCUT2D eigenvalue weighted by Gasteiger charge is 2.23. The Morgan fingerprint density at radius 2 is 1.93 bits per heavy atom. The molecule has 1 aliphatic heterocycles. The number of H-pyrrole nitrogens is 1. The van der Waals surface area contributed by atoms with Crippen molar-refractivity contribution in [3.63, 3.8) is 0 Å². The van der Waals surface area contributed by atoms with E-state index < -0.39 is 21.5 Å². The van der Waals surface area contributed by atoms with Crippen LogP contribution in [0.2, 0.25) is 0 Å². The van der Waals surface area contributed by atoms with Crippen molar-refractivity contribution in [2.45, 2.75) is 17.9 Å².